The largest absolute Gasteiger partial charge is 0.452 e. The van der Waals surface area contributed by atoms with Crippen LogP contribution in [0.25, 0.3) is 0 Å². The summed E-state index contributed by atoms with van der Waals surface area (Å²) in [5, 5.41) is 2.94. The van der Waals surface area contributed by atoms with Crippen LogP contribution in [0, 0.1) is 5.92 Å². The molecule has 1 saturated carbocycles. The molecule has 1 fully saturated rings. The van der Waals surface area contributed by atoms with Crippen molar-refractivity contribution >= 4 is 27.6 Å². The first-order valence-electron chi connectivity index (χ1n) is 11.0. The maximum absolute atomic E-state index is 13.0. The van der Waals surface area contributed by atoms with Crippen LogP contribution in [-0.2, 0) is 19.6 Å². The third kappa shape index (κ3) is 5.68. The maximum Gasteiger partial charge on any atom is 0.338 e. The van der Waals surface area contributed by atoms with Gasteiger partial charge in [-0.1, -0.05) is 38.0 Å². The fourth-order valence-corrected chi connectivity index (χ4v) is 5.44. The lowest BCUT2D eigenvalue weighted by Crippen LogP contribution is -2.42. The van der Waals surface area contributed by atoms with E-state index in [4.69, 9.17) is 4.74 Å². The number of hydrogen-bond donors (Lipinski definition) is 1. The summed E-state index contributed by atoms with van der Waals surface area (Å²) < 4.78 is 32.5. The molecule has 32 heavy (non-hydrogen) atoms. The number of nitrogens with one attached hydrogen (secondary N) is 1. The fourth-order valence-electron chi connectivity index (χ4n) is 3.97. The van der Waals surface area contributed by atoms with E-state index in [1.54, 1.807) is 31.2 Å². The topological polar surface area (TPSA) is 92.8 Å². The molecule has 2 atom stereocenters. The molecule has 172 valence electrons. The molecule has 8 heteroatoms. The summed E-state index contributed by atoms with van der Waals surface area (Å²) in [6, 6.07) is 14.5. The molecule has 0 bridgehead atoms. The number of para-hydroxylation sites is 1. The van der Waals surface area contributed by atoms with E-state index in [1.807, 2.05) is 6.07 Å². The summed E-state index contributed by atoms with van der Waals surface area (Å²) in [5.74, 6) is -0.578. The van der Waals surface area contributed by atoms with Crippen LogP contribution in [0.3, 0.4) is 0 Å². The van der Waals surface area contributed by atoms with Crippen molar-refractivity contribution in [1.29, 1.82) is 0 Å². The third-order valence-corrected chi connectivity index (χ3v) is 7.72. The highest BCUT2D eigenvalue weighted by atomic mass is 32.2. The Kier molecular flexibility index (Phi) is 7.90. The van der Waals surface area contributed by atoms with Gasteiger partial charge in [0.05, 0.1) is 16.1 Å². The molecule has 0 saturated heterocycles. The molecule has 2 aromatic rings. The van der Waals surface area contributed by atoms with Crippen molar-refractivity contribution in [2.24, 2.45) is 5.92 Å². The smallest absolute Gasteiger partial charge is 0.338 e. The summed E-state index contributed by atoms with van der Waals surface area (Å²) >= 11 is 0. The Morgan fingerprint density at radius 2 is 1.69 bits per heavy atom. The summed E-state index contributed by atoms with van der Waals surface area (Å²) in [7, 11) is -3.78. The number of anilines is 1. The van der Waals surface area contributed by atoms with Gasteiger partial charge in [-0.3, -0.25) is 9.10 Å². The molecule has 1 aliphatic carbocycles. The predicted octanol–water partition coefficient (Wildman–Crippen LogP) is 3.75. The molecule has 1 amide bonds. The van der Waals surface area contributed by atoms with Crippen molar-refractivity contribution in [3.05, 3.63) is 60.2 Å². The lowest BCUT2D eigenvalue weighted by Gasteiger charge is -2.29. The minimum Gasteiger partial charge on any atom is -0.452 e. The average Bonchev–Trinajstić information content (AvgIpc) is 2.80. The molecular formula is C24H30N2O5S. The Labute approximate surface area is 189 Å². The highest BCUT2D eigenvalue weighted by molar-refractivity contribution is 7.92. The minimum atomic E-state index is -3.78. The van der Waals surface area contributed by atoms with Crippen LogP contribution in [0.5, 0.6) is 0 Å². The molecule has 0 aromatic heterocycles. The van der Waals surface area contributed by atoms with Gasteiger partial charge in [-0.2, -0.15) is 0 Å². The van der Waals surface area contributed by atoms with Gasteiger partial charge in [0, 0.05) is 12.6 Å². The highest BCUT2D eigenvalue weighted by Gasteiger charge is 2.25. The van der Waals surface area contributed by atoms with Gasteiger partial charge in [-0.05, 0) is 62.1 Å². The van der Waals surface area contributed by atoms with Crippen molar-refractivity contribution in [2.45, 2.75) is 50.5 Å². The van der Waals surface area contributed by atoms with E-state index < -0.39 is 16.0 Å². The SMILES string of the molecule is CCN(c1ccccc1)S(=O)(=O)c1ccc(C(=O)OCC(=O)N[C@H]2CCCC[C@@H]2C)cc1. The number of ether oxygens (including phenoxy) is 1. The van der Waals surface area contributed by atoms with Crippen molar-refractivity contribution in [1.82, 2.24) is 5.32 Å². The van der Waals surface area contributed by atoms with Crippen molar-refractivity contribution in [2.75, 3.05) is 17.5 Å². The van der Waals surface area contributed by atoms with Gasteiger partial charge in [0.2, 0.25) is 0 Å². The fraction of sp³-hybridized carbons (Fsp3) is 0.417. The zero-order valence-corrected chi connectivity index (χ0v) is 19.3. The number of carbonyl (C=O) groups is 2. The lowest BCUT2D eigenvalue weighted by atomic mass is 9.86. The van der Waals surface area contributed by atoms with Crippen molar-refractivity contribution in [3.8, 4) is 0 Å². The van der Waals surface area contributed by atoms with E-state index in [2.05, 4.69) is 12.2 Å². The number of benzene rings is 2. The maximum atomic E-state index is 13.0. The number of sulfonamides is 1. The van der Waals surface area contributed by atoms with E-state index in [0.29, 0.717) is 11.6 Å². The summed E-state index contributed by atoms with van der Waals surface area (Å²) in [5.41, 5.74) is 0.752. The number of carbonyl (C=O) groups excluding carboxylic acids is 2. The van der Waals surface area contributed by atoms with Crippen molar-refractivity contribution in [3.63, 3.8) is 0 Å². The molecule has 3 rings (SSSR count). The van der Waals surface area contributed by atoms with Gasteiger partial charge in [-0.15, -0.1) is 0 Å². The van der Waals surface area contributed by atoms with E-state index in [1.165, 1.54) is 35.0 Å². The normalized spacial score (nSPS) is 18.6. The average molecular weight is 459 g/mol. The molecule has 0 heterocycles. The second-order valence-electron chi connectivity index (χ2n) is 8.04. The number of nitrogens with zero attached hydrogens (tertiary/aromatic N) is 1. The number of rotatable bonds is 8. The number of esters is 1. The second kappa shape index (κ2) is 10.6. The first-order chi connectivity index (χ1) is 15.3. The van der Waals surface area contributed by atoms with Gasteiger partial charge >= 0.3 is 5.97 Å². The van der Waals surface area contributed by atoms with E-state index in [0.717, 1.165) is 19.3 Å². The summed E-state index contributed by atoms with van der Waals surface area (Å²) in [6.07, 6.45) is 4.29. The molecule has 0 radical (unpaired) electrons. The Hall–Kier alpha value is -2.87. The van der Waals surface area contributed by atoms with Gasteiger partial charge in [0.1, 0.15) is 0 Å². The zero-order chi connectivity index (χ0) is 23.1. The van der Waals surface area contributed by atoms with Gasteiger partial charge in [-0.25, -0.2) is 13.2 Å². The molecule has 0 spiro atoms. The number of amides is 1. The van der Waals surface area contributed by atoms with Gasteiger partial charge < -0.3 is 10.1 Å². The van der Waals surface area contributed by atoms with Crippen LogP contribution < -0.4 is 9.62 Å². The van der Waals surface area contributed by atoms with Crippen LogP contribution in [0.15, 0.2) is 59.5 Å². The van der Waals surface area contributed by atoms with Crippen LogP contribution in [0.4, 0.5) is 5.69 Å². The van der Waals surface area contributed by atoms with Crippen LogP contribution >= 0.6 is 0 Å². The molecule has 1 aliphatic rings. The van der Waals surface area contributed by atoms with Crippen LogP contribution in [-0.4, -0.2) is 39.5 Å². The lowest BCUT2D eigenvalue weighted by molar-refractivity contribution is -0.125. The first-order valence-corrected chi connectivity index (χ1v) is 12.4. The monoisotopic (exact) mass is 458 g/mol. The molecule has 2 aromatic carbocycles. The van der Waals surface area contributed by atoms with Crippen molar-refractivity contribution < 1.29 is 22.7 Å². The molecular weight excluding hydrogens is 428 g/mol. The third-order valence-electron chi connectivity index (χ3n) is 5.80. The zero-order valence-electron chi connectivity index (χ0n) is 18.5. The highest BCUT2D eigenvalue weighted by Crippen LogP contribution is 2.24. The summed E-state index contributed by atoms with van der Waals surface area (Å²) in [6.45, 7) is 3.78. The molecule has 1 N–H and O–H groups in total. The van der Waals surface area contributed by atoms with E-state index in [-0.39, 0.29) is 35.6 Å². The molecule has 0 aliphatic heterocycles. The molecule has 0 unspecified atom stereocenters. The van der Waals surface area contributed by atoms with Gasteiger partial charge in [0.15, 0.2) is 6.61 Å². The van der Waals surface area contributed by atoms with Crippen LogP contribution in [0.2, 0.25) is 0 Å². The molecule has 7 nitrogen and oxygen atoms in total. The first kappa shape index (κ1) is 23.8. The quantitative estimate of drug-likeness (QED) is 0.608. The Morgan fingerprint density at radius 3 is 2.31 bits per heavy atom. The van der Waals surface area contributed by atoms with Gasteiger partial charge in [0.25, 0.3) is 15.9 Å². The summed E-state index contributed by atoms with van der Waals surface area (Å²) in [4.78, 5) is 24.5. The second-order valence-corrected chi connectivity index (χ2v) is 9.90. The number of hydrogen-bond acceptors (Lipinski definition) is 5. The van der Waals surface area contributed by atoms with E-state index in [9.17, 15) is 18.0 Å². The standard InChI is InChI=1S/C24H30N2O5S/c1-3-26(20-10-5-4-6-11-20)32(29,30)21-15-13-19(14-16-21)24(28)31-17-23(27)25-22-12-8-7-9-18(22)2/h4-6,10-11,13-16,18,22H,3,7-9,12,17H2,1-2H3,(H,25,27)/t18-,22-/m0/s1. The van der Waals surface area contributed by atoms with Crippen LogP contribution in [0.1, 0.15) is 49.9 Å². The minimum absolute atomic E-state index is 0.0729. The Morgan fingerprint density at radius 1 is 1.03 bits per heavy atom. The Balaban J connectivity index is 1.60. The van der Waals surface area contributed by atoms with E-state index >= 15 is 0 Å². The predicted molar refractivity (Wildman–Crippen MR) is 123 cm³/mol. The Bertz CT molecular complexity index is 1020.